The van der Waals surface area contributed by atoms with Crippen LogP contribution in [0.2, 0.25) is 0 Å². The van der Waals surface area contributed by atoms with Crippen molar-refractivity contribution in [1.29, 1.82) is 0 Å². The number of hydrogen-bond acceptors (Lipinski definition) is 1. The third-order valence-electron chi connectivity index (χ3n) is 1.96. The summed E-state index contributed by atoms with van der Waals surface area (Å²) in [7, 11) is 0. The van der Waals surface area contributed by atoms with Crippen LogP contribution < -0.4 is 0 Å². The van der Waals surface area contributed by atoms with Crippen LogP contribution in [0, 0.1) is 19.3 Å². The van der Waals surface area contributed by atoms with Gasteiger partial charge in [-0.15, -0.1) is 6.42 Å². The van der Waals surface area contributed by atoms with Gasteiger partial charge >= 0.3 is 0 Å². The Kier molecular flexibility index (Phi) is 3.33. The fraction of sp³-hybridized carbons (Fsp3) is 0.308. The lowest BCUT2D eigenvalue weighted by molar-refractivity contribution is -0.0139. The van der Waals surface area contributed by atoms with E-state index in [1.165, 1.54) is 0 Å². The monoisotopic (exact) mass is 187 g/mol. The quantitative estimate of drug-likeness (QED) is 0.661. The lowest BCUT2D eigenvalue weighted by Gasteiger charge is -2.24. The minimum Gasteiger partial charge on any atom is -0.355 e. The van der Waals surface area contributed by atoms with Gasteiger partial charge in [-0.1, -0.05) is 36.3 Å². The van der Waals surface area contributed by atoms with E-state index in [1.54, 1.807) is 0 Å². The molecule has 1 atom stereocenters. The number of ether oxygens (including phenoxy) is 1. The van der Waals surface area contributed by atoms with Gasteiger partial charge in [0.1, 0.15) is 5.60 Å². The zero-order chi connectivity index (χ0) is 10.6. The zero-order valence-electron chi connectivity index (χ0n) is 8.66. The molecule has 0 fully saturated rings. The first-order chi connectivity index (χ1) is 6.55. The largest absolute Gasteiger partial charge is 0.355 e. The van der Waals surface area contributed by atoms with E-state index in [2.05, 4.69) is 12.8 Å². The highest BCUT2D eigenvalue weighted by molar-refractivity contribution is 5.19. The summed E-state index contributed by atoms with van der Waals surface area (Å²) in [6.45, 7) is 7.63. The summed E-state index contributed by atoms with van der Waals surface area (Å²) in [6, 6.07) is 9.83. The van der Waals surface area contributed by atoms with Crippen LogP contribution in [-0.2, 0) is 4.74 Å². The van der Waals surface area contributed by atoms with Crippen molar-refractivity contribution < 1.29 is 4.74 Å². The predicted molar refractivity (Wildman–Crippen MR) is 58.5 cm³/mol. The van der Waals surface area contributed by atoms with Gasteiger partial charge in [0, 0.05) is 0 Å². The highest BCUT2D eigenvalue weighted by atomic mass is 16.5. The lowest BCUT2D eigenvalue weighted by Crippen LogP contribution is -2.23. The van der Waals surface area contributed by atoms with Crippen molar-refractivity contribution in [3.8, 4) is 12.3 Å². The average Bonchev–Trinajstić information content (AvgIpc) is 2.19. The third kappa shape index (κ3) is 2.90. The van der Waals surface area contributed by atoms with Crippen LogP contribution in [0.3, 0.4) is 0 Å². The Bertz CT molecular complexity index is 319. The minimum atomic E-state index is -0.567. The third-order valence-corrected chi connectivity index (χ3v) is 1.96. The molecule has 0 aromatic heterocycles. The highest BCUT2D eigenvalue weighted by Gasteiger charge is 2.18. The molecule has 0 aliphatic carbocycles. The van der Waals surface area contributed by atoms with E-state index in [0.29, 0.717) is 0 Å². The van der Waals surface area contributed by atoms with E-state index < -0.39 is 5.60 Å². The predicted octanol–water partition coefficient (Wildman–Crippen LogP) is 2.99. The van der Waals surface area contributed by atoms with Gasteiger partial charge in [0.05, 0.1) is 6.10 Å². The van der Waals surface area contributed by atoms with Gasteiger partial charge in [-0.05, 0) is 26.3 Å². The van der Waals surface area contributed by atoms with Crippen molar-refractivity contribution >= 4 is 0 Å². The first-order valence-corrected chi connectivity index (χ1v) is 4.59. The fourth-order valence-corrected chi connectivity index (χ4v) is 1.13. The van der Waals surface area contributed by atoms with E-state index >= 15 is 0 Å². The van der Waals surface area contributed by atoms with Crippen molar-refractivity contribution in [2.75, 3.05) is 0 Å². The van der Waals surface area contributed by atoms with Crippen LogP contribution >= 0.6 is 0 Å². The Morgan fingerprint density at radius 3 is 2.43 bits per heavy atom. The molecule has 14 heavy (non-hydrogen) atoms. The van der Waals surface area contributed by atoms with Crippen molar-refractivity contribution in [3.05, 3.63) is 42.8 Å². The number of terminal acetylenes is 1. The molecule has 0 amide bonds. The summed E-state index contributed by atoms with van der Waals surface area (Å²) in [4.78, 5) is 0. The minimum absolute atomic E-state index is 0.220. The van der Waals surface area contributed by atoms with Crippen LogP contribution in [0.25, 0.3) is 0 Å². The molecule has 0 spiro atoms. The summed E-state index contributed by atoms with van der Waals surface area (Å²) in [5.41, 5.74) is 0.471. The molecule has 0 saturated carbocycles. The number of hydrogen-bond donors (Lipinski definition) is 0. The van der Waals surface area contributed by atoms with Crippen LogP contribution in [0.4, 0.5) is 0 Å². The van der Waals surface area contributed by atoms with E-state index in [9.17, 15) is 0 Å². The van der Waals surface area contributed by atoms with Gasteiger partial charge in [-0.25, -0.2) is 0 Å². The molecule has 0 aliphatic heterocycles. The molecular formula is C13H15O. The summed E-state index contributed by atoms with van der Waals surface area (Å²) in [5.74, 6) is 2.58. The summed E-state index contributed by atoms with van der Waals surface area (Å²) < 4.78 is 5.63. The first kappa shape index (κ1) is 10.8. The maximum Gasteiger partial charge on any atom is 0.123 e. The maximum atomic E-state index is 5.63. The second-order valence-electron chi connectivity index (χ2n) is 3.67. The van der Waals surface area contributed by atoms with E-state index in [0.717, 1.165) is 5.56 Å². The maximum absolute atomic E-state index is 5.63. The number of rotatable bonds is 3. The second kappa shape index (κ2) is 4.30. The molecular weight excluding hydrogens is 172 g/mol. The molecule has 1 heteroatoms. The average molecular weight is 187 g/mol. The normalized spacial score (nSPS) is 13.3. The Morgan fingerprint density at radius 2 is 1.93 bits per heavy atom. The van der Waals surface area contributed by atoms with Crippen LogP contribution in [0.5, 0.6) is 0 Å². The molecule has 0 heterocycles. The van der Waals surface area contributed by atoms with Gasteiger partial charge < -0.3 is 4.74 Å². The topological polar surface area (TPSA) is 9.23 Å². The highest BCUT2D eigenvalue weighted by Crippen LogP contribution is 2.22. The Labute approximate surface area is 86.1 Å². The van der Waals surface area contributed by atoms with E-state index in [-0.39, 0.29) is 6.10 Å². The molecule has 0 aliphatic rings. The Balaban J connectivity index is 2.70. The SMILES string of the molecule is C#CC(C)(C)OC([CH2])c1ccccc1. The zero-order valence-corrected chi connectivity index (χ0v) is 8.66. The van der Waals surface area contributed by atoms with Gasteiger partial charge in [0.25, 0.3) is 0 Å². The smallest absolute Gasteiger partial charge is 0.123 e. The van der Waals surface area contributed by atoms with Crippen LogP contribution in [-0.4, -0.2) is 5.60 Å². The van der Waals surface area contributed by atoms with Gasteiger partial charge in [0.2, 0.25) is 0 Å². The molecule has 0 saturated heterocycles. The van der Waals surface area contributed by atoms with E-state index in [1.807, 2.05) is 44.2 Å². The molecule has 0 bridgehead atoms. The molecule has 1 nitrogen and oxygen atoms in total. The van der Waals surface area contributed by atoms with Gasteiger partial charge in [-0.2, -0.15) is 0 Å². The second-order valence-corrected chi connectivity index (χ2v) is 3.67. The first-order valence-electron chi connectivity index (χ1n) is 4.59. The van der Waals surface area contributed by atoms with Crippen molar-refractivity contribution in [2.24, 2.45) is 0 Å². The fourth-order valence-electron chi connectivity index (χ4n) is 1.13. The van der Waals surface area contributed by atoms with Crippen LogP contribution in [0.1, 0.15) is 25.5 Å². The molecule has 73 valence electrons. The molecule has 1 aromatic rings. The molecule has 1 aromatic carbocycles. The molecule has 1 radical (unpaired) electrons. The Morgan fingerprint density at radius 1 is 1.36 bits per heavy atom. The molecule has 0 N–H and O–H groups in total. The van der Waals surface area contributed by atoms with Crippen LogP contribution in [0.15, 0.2) is 30.3 Å². The van der Waals surface area contributed by atoms with Crippen molar-refractivity contribution in [1.82, 2.24) is 0 Å². The van der Waals surface area contributed by atoms with Gasteiger partial charge in [-0.3, -0.25) is 0 Å². The summed E-state index contributed by atoms with van der Waals surface area (Å²) >= 11 is 0. The molecule has 1 rings (SSSR count). The van der Waals surface area contributed by atoms with Crippen molar-refractivity contribution in [2.45, 2.75) is 25.6 Å². The Hall–Kier alpha value is -1.26. The standard InChI is InChI=1S/C13H15O/c1-5-13(3,4)14-11(2)12-9-7-6-8-10-12/h1,6-11H,2H2,3-4H3. The number of benzene rings is 1. The van der Waals surface area contributed by atoms with E-state index in [4.69, 9.17) is 11.2 Å². The lowest BCUT2D eigenvalue weighted by atomic mass is 10.1. The van der Waals surface area contributed by atoms with Crippen molar-refractivity contribution in [3.63, 3.8) is 0 Å². The summed E-state index contributed by atoms with van der Waals surface area (Å²) in [6.07, 6.45) is 5.11. The summed E-state index contributed by atoms with van der Waals surface area (Å²) in [5, 5.41) is 0. The van der Waals surface area contributed by atoms with Gasteiger partial charge in [0.15, 0.2) is 0 Å². The molecule has 1 unspecified atom stereocenters.